The van der Waals surface area contributed by atoms with E-state index in [1.54, 1.807) is 0 Å². The van der Waals surface area contributed by atoms with E-state index in [4.69, 9.17) is 0 Å². The molecule has 0 nitrogen and oxygen atoms in total. The van der Waals surface area contributed by atoms with Gasteiger partial charge < -0.3 is 0 Å². The van der Waals surface area contributed by atoms with Gasteiger partial charge in [-0.3, -0.25) is 0 Å². The maximum absolute atomic E-state index is 3.74. The number of benzene rings is 4. The second-order valence-corrected chi connectivity index (χ2v) is 12.2. The summed E-state index contributed by atoms with van der Waals surface area (Å²) < 4.78 is 1.16. The van der Waals surface area contributed by atoms with E-state index >= 15 is 0 Å². The van der Waals surface area contributed by atoms with Crippen LogP contribution in [0.5, 0.6) is 0 Å². The van der Waals surface area contributed by atoms with Crippen molar-refractivity contribution in [3.63, 3.8) is 0 Å². The smallest absolute Gasteiger partial charge is 0.0182 e. The van der Waals surface area contributed by atoms with Crippen LogP contribution in [0, 0.1) is 6.92 Å². The lowest BCUT2D eigenvalue weighted by atomic mass is 10.2. The van der Waals surface area contributed by atoms with Gasteiger partial charge in [-0.05, 0) is 66.7 Å². The Balaban J connectivity index is 1.84. The van der Waals surface area contributed by atoms with Crippen LogP contribution in [0.25, 0.3) is 0 Å². The number of hydrogen-bond acceptors (Lipinski definition) is 0. The molecular weight excluding hydrogens is 442 g/mol. The van der Waals surface area contributed by atoms with Crippen molar-refractivity contribution in [2.75, 3.05) is 0 Å². The molecule has 0 saturated heterocycles. The molecule has 0 bridgehead atoms. The molecule has 0 fully saturated rings. The zero-order chi connectivity index (χ0) is 19.1. The fourth-order valence-corrected chi connectivity index (χ4v) is 10.4. The maximum Gasteiger partial charge on any atom is 0.0182 e. The highest BCUT2D eigenvalue weighted by Gasteiger charge is 2.34. The molecule has 136 valence electrons. The molecule has 0 spiro atoms. The molecule has 0 aliphatic carbocycles. The fourth-order valence-electron chi connectivity index (χ4n) is 3.84. The summed E-state index contributed by atoms with van der Waals surface area (Å²) in [5.74, 6) is 0. The summed E-state index contributed by atoms with van der Waals surface area (Å²) in [6.07, 6.45) is 0. The summed E-state index contributed by atoms with van der Waals surface area (Å²) >= 11 is 3.74. The first-order valence-electron chi connectivity index (χ1n) is 9.33. The van der Waals surface area contributed by atoms with Gasteiger partial charge in [0.25, 0.3) is 0 Å². The number of aryl methyl sites for hydroxylation is 1. The quantitative estimate of drug-likeness (QED) is 0.338. The van der Waals surface area contributed by atoms with Crippen LogP contribution in [0.4, 0.5) is 0 Å². The molecular formula is C25H19BrP2. The summed E-state index contributed by atoms with van der Waals surface area (Å²) in [6.45, 7) is 2.21. The topological polar surface area (TPSA) is 0 Å². The van der Waals surface area contributed by atoms with Crippen molar-refractivity contribution in [1.29, 1.82) is 0 Å². The minimum atomic E-state index is -0.558. The van der Waals surface area contributed by atoms with Crippen LogP contribution in [-0.2, 0) is 0 Å². The van der Waals surface area contributed by atoms with Gasteiger partial charge in [-0.25, -0.2) is 0 Å². The van der Waals surface area contributed by atoms with Crippen molar-refractivity contribution in [2.45, 2.75) is 6.92 Å². The Hall–Kier alpha value is -1.78. The van der Waals surface area contributed by atoms with E-state index in [0.717, 1.165) is 4.47 Å². The number of hydrogen-bond donors (Lipinski definition) is 0. The Bertz CT molecular complexity index is 1050. The molecule has 0 saturated carbocycles. The van der Waals surface area contributed by atoms with Gasteiger partial charge in [0.2, 0.25) is 0 Å². The van der Waals surface area contributed by atoms with Crippen molar-refractivity contribution >= 4 is 63.6 Å². The third-order valence-corrected chi connectivity index (χ3v) is 11.0. The van der Waals surface area contributed by atoms with Crippen molar-refractivity contribution < 1.29 is 0 Å². The van der Waals surface area contributed by atoms with Gasteiger partial charge in [0.15, 0.2) is 0 Å². The van der Waals surface area contributed by atoms with Crippen molar-refractivity contribution in [2.24, 2.45) is 0 Å². The lowest BCUT2D eigenvalue weighted by Crippen LogP contribution is -2.45. The summed E-state index contributed by atoms with van der Waals surface area (Å²) in [7, 11) is -1.11. The number of halogens is 1. The van der Waals surface area contributed by atoms with E-state index in [1.165, 1.54) is 37.4 Å². The minimum absolute atomic E-state index is 0.549. The van der Waals surface area contributed by atoms with E-state index in [-0.39, 0.29) is 0 Å². The molecule has 4 aromatic carbocycles. The molecule has 28 heavy (non-hydrogen) atoms. The lowest BCUT2D eigenvalue weighted by Gasteiger charge is -2.35. The Kier molecular flexibility index (Phi) is 4.93. The van der Waals surface area contributed by atoms with Crippen LogP contribution >= 0.6 is 31.8 Å². The predicted molar refractivity (Wildman–Crippen MR) is 130 cm³/mol. The molecule has 1 heterocycles. The van der Waals surface area contributed by atoms with E-state index in [9.17, 15) is 0 Å². The lowest BCUT2D eigenvalue weighted by molar-refractivity contribution is 1.51. The summed E-state index contributed by atoms with van der Waals surface area (Å²) in [4.78, 5) is 0. The SMILES string of the molecule is Cc1ccc2c(c1)P(c1ccccc1)c1ccc(Br)cc1P2c1ccccc1. The standard InChI is InChI=1S/C25H19BrP2/c1-18-12-14-22-24(16-18)27(20-8-4-2-5-9-20)23-15-13-19(26)17-25(23)28(22)21-10-6-3-7-11-21/h2-17H,1H3. The molecule has 1 aliphatic rings. The van der Waals surface area contributed by atoms with Gasteiger partial charge in [-0.15, -0.1) is 0 Å². The first-order chi connectivity index (χ1) is 13.7. The van der Waals surface area contributed by atoms with Gasteiger partial charge in [-0.2, -0.15) is 0 Å². The zero-order valence-electron chi connectivity index (χ0n) is 15.5. The Labute approximate surface area is 177 Å². The summed E-state index contributed by atoms with van der Waals surface area (Å²) in [5, 5.41) is 8.86. The molecule has 0 aromatic heterocycles. The number of fused-ring (bicyclic) bond motifs is 2. The highest BCUT2D eigenvalue weighted by molar-refractivity contribution is 9.10. The Morgan fingerprint density at radius 2 is 1.04 bits per heavy atom. The third-order valence-electron chi connectivity index (χ3n) is 5.06. The van der Waals surface area contributed by atoms with Gasteiger partial charge in [0.05, 0.1) is 0 Å². The first-order valence-corrected chi connectivity index (χ1v) is 12.8. The van der Waals surface area contributed by atoms with Crippen LogP contribution < -0.4 is 31.8 Å². The van der Waals surface area contributed by atoms with Crippen LogP contribution in [0.2, 0.25) is 0 Å². The second-order valence-electron chi connectivity index (χ2n) is 6.97. The molecule has 2 atom stereocenters. The zero-order valence-corrected chi connectivity index (χ0v) is 18.9. The monoisotopic (exact) mass is 460 g/mol. The largest absolute Gasteiger partial charge is 0.0622 e. The second kappa shape index (κ2) is 7.57. The molecule has 1 aliphatic heterocycles. The highest BCUT2D eigenvalue weighted by atomic mass is 79.9. The van der Waals surface area contributed by atoms with Gasteiger partial charge >= 0.3 is 0 Å². The summed E-state index contributed by atoms with van der Waals surface area (Å²) in [6, 6.07) is 36.0. The van der Waals surface area contributed by atoms with E-state index < -0.39 is 15.8 Å². The van der Waals surface area contributed by atoms with Crippen molar-refractivity contribution in [1.82, 2.24) is 0 Å². The maximum atomic E-state index is 3.74. The fraction of sp³-hybridized carbons (Fsp3) is 0.0400. The van der Waals surface area contributed by atoms with Crippen LogP contribution in [0.3, 0.4) is 0 Å². The highest BCUT2D eigenvalue weighted by Crippen LogP contribution is 2.45. The Morgan fingerprint density at radius 3 is 1.61 bits per heavy atom. The van der Waals surface area contributed by atoms with E-state index in [2.05, 4.69) is 120 Å². The average molecular weight is 461 g/mol. The third kappa shape index (κ3) is 3.17. The average Bonchev–Trinajstić information content (AvgIpc) is 2.73. The predicted octanol–water partition coefficient (Wildman–Crippen LogP) is 4.59. The van der Waals surface area contributed by atoms with Gasteiger partial charge in [0.1, 0.15) is 0 Å². The number of rotatable bonds is 2. The molecule has 0 amide bonds. The van der Waals surface area contributed by atoms with E-state index in [1.807, 2.05) is 0 Å². The molecule has 0 radical (unpaired) electrons. The van der Waals surface area contributed by atoms with Crippen LogP contribution in [0.1, 0.15) is 5.56 Å². The molecule has 3 heteroatoms. The minimum Gasteiger partial charge on any atom is -0.0622 e. The normalized spacial score (nSPS) is 17.6. The molecule has 0 N–H and O–H groups in total. The van der Waals surface area contributed by atoms with Gasteiger partial charge in [-0.1, -0.05) is 106 Å². The Morgan fingerprint density at radius 1 is 0.536 bits per heavy atom. The van der Waals surface area contributed by atoms with Crippen molar-refractivity contribution in [3.8, 4) is 0 Å². The molecule has 5 rings (SSSR count). The first kappa shape index (κ1) is 18.3. The summed E-state index contributed by atoms with van der Waals surface area (Å²) in [5.41, 5.74) is 1.34. The molecule has 2 unspecified atom stereocenters. The van der Waals surface area contributed by atoms with Crippen LogP contribution in [-0.4, -0.2) is 0 Å². The molecule has 4 aromatic rings. The van der Waals surface area contributed by atoms with Crippen LogP contribution in [0.15, 0.2) is 102 Å². The van der Waals surface area contributed by atoms with Crippen molar-refractivity contribution in [3.05, 3.63) is 107 Å². The van der Waals surface area contributed by atoms with E-state index in [0.29, 0.717) is 0 Å². The van der Waals surface area contributed by atoms with Gasteiger partial charge in [0, 0.05) is 4.47 Å².